The fourth-order valence-electron chi connectivity index (χ4n) is 1.28. The Morgan fingerprint density at radius 1 is 1.43 bits per heavy atom. The molecule has 0 spiro atoms. The van der Waals surface area contributed by atoms with Gasteiger partial charge in [-0.25, -0.2) is 0 Å². The number of rotatable bonds is 4. The second-order valence-electron chi connectivity index (χ2n) is 3.44. The Labute approximate surface area is 84.2 Å². The Morgan fingerprint density at radius 2 is 2.07 bits per heavy atom. The molecule has 1 rings (SSSR count). The third-order valence-corrected chi connectivity index (χ3v) is 2.00. The summed E-state index contributed by atoms with van der Waals surface area (Å²) in [5, 5.41) is 8.55. The zero-order valence-electron chi connectivity index (χ0n) is 8.23. The monoisotopic (exact) mass is 187 g/mol. The molecule has 0 aromatic heterocycles. The Morgan fingerprint density at radius 3 is 2.64 bits per heavy atom. The van der Waals surface area contributed by atoms with Gasteiger partial charge in [0.25, 0.3) is 0 Å². The van der Waals surface area contributed by atoms with E-state index in [2.05, 4.69) is 6.07 Å². The molecule has 1 aromatic rings. The van der Waals surface area contributed by atoms with Crippen molar-refractivity contribution in [1.29, 1.82) is 5.26 Å². The molecule has 2 heteroatoms. The predicted molar refractivity (Wildman–Crippen MR) is 54.5 cm³/mol. The lowest BCUT2D eigenvalue weighted by atomic mass is 10.0. The van der Waals surface area contributed by atoms with Gasteiger partial charge >= 0.3 is 0 Å². The average molecular weight is 187 g/mol. The van der Waals surface area contributed by atoms with E-state index in [1.54, 1.807) is 6.92 Å². The highest BCUT2D eigenvalue weighted by Crippen LogP contribution is 2.06. The molecule has 0 bridgehead atoms. The van der Waals surface area contributed by atoms with Crippen LogP contribution in [0.5, 0.6) is 0 Å². The Hall–Kier alpha value is -1.62. The second kappa shape index (κ2) is 5.18. The summed E-state index contributed by atoms with van der Waals surface area (Å²) in [7, 11) is 0. The standard InChI is InChI=1S/C12H13NO/c1-10(9-13)7-12(14)8-11-5-3-2-4-6-11/h2-6,10H,7-8H2,1H3. The average Bonchev–Trinajstić information content (AvgIpc) is 2.19. The van der Waals surface area contributed by atoms with Gasteiger partial charge in [0.1, 0.15) is 5.78 Å². The van der Waals surface area contributed by atoms with Crippen molar-refractivity contribution in [2.45, 2.75) is 19.8 Å². The van der Waals surface area contributed by atoms with Gasteiger partial charge in [0.2, 0.25) is 0 Å². The summed E-state index contributed by atoms with van der Waals surface area (Å²) >= 11 is 0. The number of carbonyl (C=O) groups is 1. The highest BCUT2D eigenvalue weighted by Gasteiger charge is 2.08. The molecular formula is C12H13NO. The Balaban J connectivity index is 2.47. The number of nitrogens with zero attached hydrogens (tertiary/aromatic N) is 1. The van der Waals surface area contributed by atoms with Gasteiger partial charge in [-0.15, -0.1) is 0 Å². The van der Waals surface area contributed by atoms with E-state index in [9.17, 15) is 4.79 Å². The van der Waals surface area contributed by atoms with Crippen LogP contribution in [0.15, 0.2) is 30.3 Å². The molecule has 0 heterocycles. The lowest BCUT2D eigenvalue weighted by molar-refractivity contribution is -0.118. The summed E-state index contributed by atoms with van der Waals surface area (Å²) in [6.45, 7) is 1.77. The molecule has 14 heavy (non-hydrogen) atoms. The van der Waals surface area contributed by atoms with Crippen molar-refractivity contribution < 1.29 is 4.79 Å². The van der Waals surface area contributed by atoms with Crippen LogP contribution in [-0.2, 0) is 11.2 Å². The van der Waals surface area contributed by atoms with Crippen LogP contribution in [0.2, 0.25) is 0 Å². The number of ketones is 1. The SMILES string of the molecule is CC(C#N)CC(=O)Cc1ccccc1. The fraction of sp³-hybridized carbons (Fsp3) is 0.333. The second-order valence-corrected chi connectivity index (χ2v) is 3.44. The van der Waals surface area contributed by atoms with E-state index in [1.807, 2.05) is 30.3 Å². The van der Waals surface area contributed by atoms with Crippen molar-refractivity contribution >= 4 is 5.78 Å². The molecule has 0 N–H and O–H groups in total. The van der Waals surface area contributed by atoms with Crippen LogP contribution in [0.4, 0.5) is 0 Å². The number of hydrogen-bond donors (Lipinski definition) is 0. The van der Waals surface area contributed by atoms with E-state index in [0.717, 1.165) is 5.56 Å². The molecule has 1 unspecified atom stereocenters. The van der Waals surface area contributed by atoms with Gasteiger partial charge in [0, 0.05) is 12.8 Å². The first kappa shape index (κ1) is 10.5. The number of carbonyl (C=O) groups excluding carboxylic acids is 1. The van der Waals surface area contributed by atoms with E-state index < -0.39 is 0 Å². The molecule has 0 amide bonds. The smallest absolute Gasteiger partial charge is 0.138 e. The quantitative estimate of drug-likeness (QED) is 0.726. The van der Waals surface area contributed by atoms with Gasteiger partial charge in [0.05, 0.1) is 12.0 Å². The largest absolute Gasteiger partial charge is 0.299 e. The van der Waals surface area contributed by atoms with Crippen molar-refractivity contribution in [2.75, 3.05) is 0 Å². The van der Waals surface area contributed by atoms with Crippen molar-refractivity contribution in [1.82, 2.24) is 0 Å². The molecule has 0 aliphatic carbocycles. The lowest BCUT2D eigenvalue weighted by Crippen LogP contribution is -2.06. The molecule has 0 fully saturated rings. The summed E-state index contributed by atoms with van der Waals surface area (Å²) in [5.41, 5.74) is 1.02. The van der Waals surface area contributed by atoms with Crippen molar-refractivity contribution in [2.24, 2.45) is 5.92 Å². The van der Waals surface area contributed by atoms with Crippen LogP contribution in [0.25, 0.3) is 0 Å². The van der Waals surface area contributed by atoms with Gasteiger partial charge < -0.3 is 0 Å². The molecule has 0 saturated heterocycles. The highest BCUT2D eigenvalue weighted by atomic mass is 16.1. The van der Waals surface area contributed by atoms with Crippen LogP contribution in [0, 0.1) is 17.2 Å². The summed E-state index contributed by atoms with van der Waals surface area (Å²) in [4.78, 5) is 11.4. The first-order valence-electron chi connectivity index (χ1n) is 4.67. The molecule has 1 aromatic carbocycles. The van der Waals surface area contributed by atoms with Crippen LogP contribution in [-0.4, -0.2) is 5.78 Å². The third kappa shape index (κ3) is 3.40. The minimum atomic E-state index is -0.175. The molecule has 0 aliphatic rings. The topological polar surface area (TPSA) is 40.9 Å². The summed E-state index contributed by atoms with van der Waals surface area (Å²) < 4.78 is 0. The van der Waals surface area contributed by atoms with Gasteiger partial charge in [-0.05, 0) is 12.5 Å². The molecule has 0 radical (unpaired) electrons. The Kier molecular flexibility index (Phi) is 3.87. The van der Waals surface area contributed by atoms with Gasteiger partial charge in [0.15, 0.2) is 0 Å². The molecule has 1 atom stereocenters. The van der Waals surface area contributed by atoms with Gasteiger partial charge in [-0.2, -0.15) is 5.26 Å². The highest BCUT2D eigenvalue weighted by molar-refractivity contribution is 5.81. The normalized spacial score (nSPS) is 11.7. The summed E-state index contributed by atoms with van der Waals surface area (Å²) in [6.07, 6.45) is 0.790. The minimum absolute atomic E-state index is 0.130. The zero-order valence-corrected chi connectivity index (χ0v) is 8.23. The summed E-state index contributed by atoms with van der Waals surface area (Å²) in [6, 6.07) is 11.7. The van der Waals surface area contributed by atoms with Crippen LogP contribution < -0.4 is 0 Å². The lowest BCUT2D eigenvalue weighted by Gasteiger charge is -2.01. The maximum Gasteiger partial charge on any atom is 0.138 e. The van der Waals surface area contributed by atoms with Crippen molar-refractivity contribution in [3.63, 3.8) is 0 Å². The fourth-order valence-corrected chi connectivity index (χ4v) is 1.28. The van der Waals surface area contributed by atoms with Crippen LogP contribution in [0.3, 0.4) is 0 Å². The van der Waals surface area contributed by atoms with E-state index >= 15 is 0 Å². The first-order valence-corrected chi connectivity index (χ1v) is 4.67. The van der Waals surface area contributed by atoms with Gasteiger partial charge in [-0.1, -0.05) is 30.3 Å². The molecular weight excluding hydrogens is 174 g/mol. The summed E-state index contributed by atoms with van der Waals surface area (Å²) in [5.74, 6) is -0.0449. The Bertz CT molecular complexity index is 337. The number of Topliss-reactive ketones (excluding diaryl/α,β-unsaturated/α-hetero) is 1. The minimum Gasteiger partial charge on any atom is -0.299 e. The number of nitriles is 1. The van der Waals surface area contributed by atoms with Crippen molar-refractivity contribution in [3.8, 4) is 6.07 Å². The zero-order chi connectivity index (χ0) is 10.4. The number of hydrogen-bond acceptors (Lipinski definition) is 2. The van der Waals surface area contributed by atoms with E-state index in [-0.39, 0.29) is 11.7 Å². The molecule has 0 saturated carbocycles. The van der Waals surface area contributed by atoms with E-state index in [0.29, 0.717) is 12.8 Å². The molecule has 0 aliphatic heterocycles. The van der Waals surface area contributed by atoms with Crippen LogP contribution in [0.1, 0.15) is 18.9 Å². The van der Waals surface area contributed by atoms with Crippen LogP contribution >= 0.6 is 0 Å². The third-order valence-electron chi connectivity index (χ3n) is 2.00. The number of benzene rings is 1. The first-order chi connectivity index (χ1) is 6.72. The van der Waals surface area contributed by atoms with E-state index in [4.69, 9.17) is 5.26 Å². The van der Waals surface area contributed by atoms with E-state index in [1.165, 1.54) is 0 Å². The molecule has 72 valence electrons. The predicted octanol–water partition coefficient (Wildman–Crippen LogP) is 2.35. The maximum absolute atomic E-state index is 11.4. The van der Waals surface area contributed by atoms with Gasteiger partial charge in [-0.3, -0.25) is 4.79 Å². The van der Waals surface area contributed by atoms with Crippen molar-refractivity contribution in [3.05, 3.63) is 35.9 Å². The molecule has 2 nitrogen and oxygen atoms in total. The maximum atomic E-state index is 11.4.